The first-order chi connectivity index (χ1) is 12.6. The fraction of sp³-hybridized carbons (Fsp3) is 0.474. The maximum absolute atomic E-state index is 12.9. The van der Waals surface area contributed by atoms with Crippen LogP contribution in [0.4, 0.5) is 4.79 Å². The molecule has 4 rings (SSSR count). The number of carbonyl (C=O) groups excluding carboxylic acids is 2. The number of ether oxygens (including phenoxy) is 1. The molecule has 138 valence electrons. The van der Waals surface area contributed by atoms with Gasteiger partial charge in [0.05, 0.1) is 13.2 Å². The Bertz CT molecular complexity index is 817. The van der Waals surface area contributed by atoms with E-state index in [-0.39, 0.29) is 11.9 Å². The maximum atomic E-state index is 12.9. The van der Waals surface area contributed by atoms with Gasteiger partial charge in [-0.1, -0.05) is 18.2 Å². The summed E-state index contributed by atoms with van der Waals surface area (Å²) in [5, 5.41) is 0.969. The summed E-state index contributed by atoms with van der Waals surface area (Å²) in [5.74, 6) is 0.302. The van der Waals surface area contributed by atoms with Crippen molar-refractivity contribution < 1.29 is 18.7 Å². The lowest BCUT2D eigenvalue weighted by Gasteiger charge is -2.38. The Morgan fingerprint density at radius 3 is 2.19 bits per heavy atom. The predicted octanol–water partition coefficient (Wildman–Crippen LogP) is 1.95. The van der Waals surface area contributed by atoms with E-state index in [9.17, 15) is 9.59 Å². The Kier molecular flexibility index (Phi) is 4.55. The van der Waals surface area contributed by atoms with Gasteiger partial charge in [-0.3, -0.25) is 4.79 Å². The molecular formula is C19H23N3O4. The predicted molar refractivity (Wildman–Crippen MR) is 96.2 cm³/mol. The summed E-state index contributed by atoms with van der Waals surface area (Å²) in [6.45, 7) is 6.49. The third-order valence-electron chi connectivity index (χ3n) is 5.16. The van der Waals surface area contributed by atoms with Crippen molar-refractivity contribution in [3.8, 4) is 0 Å². The highest BCUT2D eigenvalue weighted by Gasteiger charge is 2.30. The van der Waals surface area contributed by atoms with E-state index in [2.05, 4.69) is 0 Å². The van der Waals surface area contributed by atoms with Crippen LogP contribution in [0.2, 0.25) is 0 Å². The first-order valence-electron chi connectivity index (χ1n) is 9.04. The fourth-order valence-electron chi connectivity index (χ4n) is 3.58. The number of benzene rings is 1. The third-order valence-corrected chi connectivity index (χ3v) is 5.16. The van der Waals surface area contributed by atoms with Gasteiger partial charge in [-0.2, -0.15) is 0 Å². The number of aryl methyl sites for hydroxylation is 1. The summed E-state index contributed by atoms with van der Waals surface area (Å²) >= 11 is 0. The zero-order valence-electron chi connectivity index (χ0n) is 14.9. The lowest BCUT2D eigenvalue weighted by Crippen LogP contribution is -2.55. The molecule has 7 nitrogen and oxygen atoms in total. The number of carbonyl (C=O) groups is 2. The van der Waals surface area contributed by atoms with Crippen molar-refractivity contribution in [1.29, 1.82) is 0 Å². The average molecular weight is 357 g/mol. The summed E-state index contributed by atoms with van der Waals surface area (Å²) in [4.78, 5) is 30.8. The Morgan fingerprint density at radius 2 is 1.50 bits per heavy atom. The molecular weight excluding hydrogens is 334 g/mol. The number of urea groups is 1. The molecule has 3 heterocycles. The van der Waals surface area contributed by atoms with Gasteiger partial charge in [-0.25, -0.2) is 4.79 Å². The van der Waals surface area contributed by atoms with Crippen molar-refractivity contribution in [1.82, 2.24) is 14.7 Å². The van der Waals surface area contributed by atoms with Crippen molar-refractivity contribution in [2.45, 2.75) is 6.92 Å². The third kappa shape index (κ3) is 3.03. The minimum Gasteiger partial charge on any atom is -0.451 e. The number of furan rings is 1. The number of piperazine rings is 1. The van der Waals surface area contributed by atoms with Crippen molar-refractivity contribution >= 4 is 22.9 Å². The number of hydrogen-bond acceptors (Lipinski definition) is 4. The molecule has 0 spiro atoms. The number of para-hydroxylation sites is 1. The van der Waals surface area contributed by atoms with Gasteiger partial charge in [-0.15, -0.1) is 0 Å². The molecule has 2 fully saturated rings. The molecule has 0 bridgehead atoms. The summed E-state index contributed by atoms with van der Waals surface area (Å²) in [5.41, 5.74) is 1.60. The van der Waals surface area contributed by atoms with Crippen molar-refractivity contribution in [2.75, 3.05) is 52.5 Å². The minimum atomic E-state index is -0.0998. The van der Waals surface area contributed by atoms with Crippen LogP contribution in [0.1, 0.15) is 16.1 Å². The summed E-state index contributed by atoms with van der Waals surface area (Å²) in [7, 11) is 0. The second kappa shape index (κ2) is 6.99. The number of amides is 3. The highest BCUT2D eigenvalue weighted by Crippen LogP contribution is 2.26. The van der Waals surface area contributed by atoms with E-state index in [0.717, 1.165) is 16.5 Å². The van der Waals surface area contributed by atoms with Crippen LogP contribution >= 0.6 is 0 Å². The molecule has 0 atom stereocenters. The number of hydrogen-bond donors (Lipinski definition) is 0. The molecule has 0 N–H and O–H groups in total. The highest BCUT2D eigenvalue weighted by atomic mass is 16.5. The molecule has 0 aliphatic carbocycles. The lowest BCUT2D eigenvalue weighted by molar-refractivity contribution is 0.0358. The number of rotatable bonds is 1. The minimum absolute atomic E-state index is 0.0420. The van der Waals surface area contributed by atoms with Gasteiger partial charge in [0, 0.05) is 50.2 Å². The summed E-state index contributed by atoms with van der Waals surface area (Å²) in [6.07, 6.45) is 0. The monoisotopic (exact) mass is 357 g/mol. The normalized spacial score (nSPS) is 18.4. The molecule has 2 aliphatic rings. The second-order valence-electron chi connectivity index (χ2n) is 6.71. The van der Waals surface area contributed by atoms with Crippen LogP contribution in [-0.2, 0) is 4.74 Å². The highest BCUT2D eigenvalue weighted by molar-refractivity contribution is 5.99. The van der Waals surface area contributed by atoms with E-state index in [1.807, 2.05) is 41.0 Å². The zero-order valence-corrected chi connectivity index (χ0v) is 14.9. The molecule has 0 radical (unpaired) electrons. The second-order valence-corrected chi connectivity index (χ2v) is 6.71. The SMILES string of the molecule is Cc1c(C(=O)N2CCN(C(=O)N3CCOCC3)CC2)oc2ccccc12. The van der Waals surface area contributed by atoms with E-state index >= 15 is 0 Å². The van der Waals surface area contributed by atoms with Gasteiger partial charge in [-0.05, 0) is 13.0 Å². The van der Waals surface area contributed by atoms with Crippen molar-refractivity contribution in [3.05, 3.63) is 35.6 Å². The Labute approximate surface area is 152 Å². The van der Waals surface area contributed by atoms with Gasteiger partial charge < -0.3 is 23.9 Å². The van der Waals surface area contributed by atoms with Crippen LogP contribution in [-0.4, -0.2) is 79.1 Å². The van der Waals surface area contributed by atoms with Crippen LogP contribution in [0.3, 0.4) is 0 Å². The first-order valence-corrected chi connectivity index (χ1v) is 9.04. The maximum Gasteiger partial charge on any atom is 0.320 e. The zero-order chi connectivity index (χ0) is 18.1. The largest absolute Gasteiger partial charge is 0.451 e. The molecule has 1 aromatic heterocycles. The van der Waals surface area contributed by atoms with Crippen LogP contribution in [0, 0.1) is 6.92 Å². The van der Waals surface area contributed by atoms with Crippen LogP contribution in [0.15, 0.2) is 28.7 Å². The molecule has 3 amide bonds. The Balaban J connectivity index is 1.41. The van der Waals surface area contributed by atoms with E-state index in [4.69, 9.17) is 9.15 Å². The smallest absolute Gasteiger partial charge is 0.320 e. The molecule has 0 unspecified atom stereocenters. The van der Waals surface area contributed by atoms with Gasteiger partial charge >= 0.3 is 6.03 Å². The van der Waals surface area contributed by atoms with Gasteiger partial charge in [0.2, 0.25) is 0 Å². The molecule has 2 aromatic rings. The van der Waals surface area contributed by atoms with Crippen molar-refractivity contribution in [3.63, 3.8) is 0 Å². The number of nitrogens with zero attached hydrogens (tertiary/aromatic N) is 3. The van der Waals surface area contributed by atoms with Crippen LogP contribution < -0.4 is 0 Å². The van der Waals surface area contributed by atoms with Crippen LogP contribution in [0.25, 0.3) is 11.0 Å². The van der Waals surface area contributed by atoms with E-state index < -0.39 is 0 Å². The first kappa shape index (κ1) is 16.9. The topological polar surface area (TPSA) is 66.2 Å². The number of morpholine rings is 1. The lowest BCUT2D eigenvalue weighted by atomic mass is 10.1. The Hall–Kier alpha value is -2.54. The molecule has 26 heavy (non-hydrogen) atoms. The Morgan fingerprint density at radius 1 is 0.885 bits per heavy atom. The molecule has 2 saturated heterocycles. The quantitative estimate of drug-likeness (QED) is 0.782. The molecule has 0 saturated carbocycles. The van der Waals surface area contributed by atoms with Gasteiger partial charge in [0.1, 0.15) is 5.58 Å². The fourth-order valence-corrected chi connectivity index (χ4v) is 3.58. The number of fused-ring (bicyclic) bond motifs is 1. The van der Waals surface area contributed by atoms with Crippen LogP contribution in [0.5, 0.6) is 0 Å². The van der Waals surface area contributed by atoms with E-state index in [0.29, 0.717) is 58.2 Å². The molecule has 1 aromatic carbocycles. The molecule has 2 aliphatic heterocycles. The standard InChI is InChI=1S/C19H23N3O4/c1-14-15-4-2-3-5-16(15)26-17(14)18(23)20-6-8-21(9-7-20)19(24)22-10-12-25-13-11-22/h2-5H,6-13H2,1H3. The van der Waals surface area contributed by atoms with Gasteiger partial charge in [0.25, 0.3) is 5.91 Å². The molecule has 7 heteroatoms. The van der Waals surface area contributed by atoms with Gasteiger partial charge in [0.15, 0.2) is 5.76 Å². The van der Waals surface area contributed by atoms with E-state index in [1.165, 1.54) is 0 Å². The van der Waals surface area contributed by atoms with E-state index in [1.54, 1.807) is 4.90 Å². The summed E-state index contributed by atoms with van der Waals surface area (Å²) < 4.78 is 11.1. The van der Waals surface area contributed by atoms with Crippen molar-refractivity contribution in [2.24, 2.45) is 0 Å². The average Bonchev–Trinajstić information content (AvgIpc) is 3.04. The summed E-state index contributed by atoms with van der Waals surface area (Å²) in [6, 6.07) is 7.72.